The van der Waals surface area contributed by atoms with E-state index in [2.05, 4.69) is 30.2 Å². The highest BCUT2D eigenvalue weighted by Crippen LogP contribution is 2.33. The number of nitrogens with zero attached hydrogens (tertiary/aromatic N) is 1. The van der Waals surface area contributed by atoms with E-state index in [1.165, 1.54) is 12.8 Å². The van der Waals surface area contributed by atoms with Crippen LogP contribution in [0.5, 0.6) is 0 Å². The van der Waals surface area contributed by atoms with Crippen LogP contribution < -0.4 is 11.1 Å². The Hall–Kier alpha value is -1.05. The first-order valence-electron chi connectivity index (χ1n) is 6.16. The Morgan fingerprint density at radius 1 is 1.53 bits per heavy atom. The van der Waals surface area contributed by atoms with Crippen molar-refractivity contribution in [2.24, 2.45) is 5.73 Å². The van der Waals surface area contributed by atoms with Crippen molar-refractivity contribution in [1.29, 1.82) is 0 Å². The van der Waals surface area contributed by atoms with E-state index < -0.39 is 6.04 Å². The number of carbonyl (C=O) groups excluding carboxylic acids is 1. The fraction of sp³-hybridized carbons (Fsp3) is 0.769. The molecule has 0 aliphatic heterocycles. The Morgan fingerprint density at radius 3 is 2.59 bits per heavy atom. The summed E-state index contributed by atoms with van der Waals surface area (Å²) in [7, 11) is 4.14. The Kier molecular flexibility index (Phi) is 4.98. The van der Waals surface area contributed by atoms with Crippen molar-refractivity contribution in [3.63, 3.8) is 0 Å². The summed E-state index contributed by atoms with van der Waals surface area (Å²) in [5.41, 5.74) is 5.77. The number of amides is 1. The zero-order valence-corrected chi connectivity index (χ0v) is 10.8. The average Bonchev–Trinajstić information content (AvgIpc) is 2.76. The lowest BCUT2D eigenvalue weighted by molar-refractivity contribution is -0.122. The molecule has 0 spiro atoms. The summed E-state index contributed by atoms with van der Waals surface area (Å²) in [5, 5.41) is 2.93. The van der Waals surface area contributed by atoms with Gasteiger partial charge in [-0.3, -0.25) is 4.79 Å². The largest absolute Gasteiger partial charge is 0.353 e. The summed E-state index contributed by atoms with van der Waals surface area (Å²) in [6.45, 7) is 0.664. The molecule has 3 N–H and O–H groups in total. The summed E-state index contributed by atoms with van der Waals surface area (Å²) < 4.78 is 0. The molecule has 4 heteroatoms. The number of hydrogen-bond donors (Lipinski definition) is 2. The van der Waals surface area contributed by atoms with Gasteiger partial charge in [-0.05, 0) is 26.9 Å². The molecule has 96 valence electrons. The van der Waals surface area contributed by atoms with Gasteiger partial charge >= 0.3 is 0 Å². The van der Waals surface area contributed by atoms with Gasteiger partial charge in [0.05, 0.1) is 6.04 Å². The predicted octanol–water partition coefficient (Wildman–Crippen LogP) is 0.328. The SMILES string of the molecule is C#CCC(N)C(=O)NCC1(N(C)C)CCCC1. The van der Waals surface area contributed by atoms with Gasteiger partial charge in [0.1, 0.15) is 0 Å². The van der Waals surface area contributed by atoms with E-state index in [1.807, 2.05) is 0 Å². The molecule has 0 saturated heterocycles. The molecule has 1 saturated carbocycles. The summed E-state index contributed by atoms with van der Waals surface area (Å²) in [6.07, 6.45) is 10.1. The number of carbonyl (C=O) groups is 1. The van der Waals surface area contributed by atoms with Crippen molar-refractivity contribution >= 4 is 5.91 Å². The standard InChI is InChI=1S/C13H23N3O/c1-4-7-11(14)12(17)15-10-13(16(2)3)8-5-6-9-13/h1,11H,5-10,14H2,2-3H3,(H,15,17). The van der Waals surface area contributed by atoms with E-state index in [-0.39, 0.29) is 11.4 Å². The maximum absolute atomic E-state index is 11.7. The number of rotatable bonds is 5. The molecule has 0 aromatic carbocycles. The molecule has 0 bridgehead atoms. The minimum absolute atomic E-state index is 0.103. The second-order valence-electron chi connectivity index (χ2n) is 5.06. The van der Waals surface area contributed by atoms with Crippen LogP contribution in [0.4, 0.5) is 0 Å². The van der Waals surface area contributed by atoms with E-state index in [0.717, 1.165) is 12.8 Å². The molecule has 1 rings (SSSR count). The molecule has 1 unspecified atom stereocenters. The third-order valence-corrected chi connectivity index (χ3v) is 3.75. The third-order valence-electron chi connectivity index (χ3n) is 3.75. The fourth-order valence-corrected chi connectivity index (χ4v) is 2.42. The van der Waals surface area contributed by atoms with Crippen LogP contribution in [0.1, 0.15) is 32.1 Å². The van der Waals surface area contributed by atoms with Crippen molar-refractivity contribution in [3.05, 3.63) is 0 Å². The topological polar surface area (TPSA) is 58.4 Å². The van der Waals surface area contributed by atoms with Gasteiger partial charge in [0, 0.05) is 18.5 Å². The number of nitrogens with one attached hydrogen (secondary N) is 1. The van der Waals surface area contributed by atoms with Crippen molar-refractivity contribution < 1.29 is 4.79 Å². The van der Waals surface area contributed by atoms with E-state index in [1.54, 1.807) is 0 Å². The smallest absolute Gasteiger partial charge is 0.237 e. The van der Waals surface area contributed by atoms with E-state index in [4.69, 9.17) is 12.2 Å². The molecule has 0 aromatic rings. The number of nitrogens with two attached hydrogens (primary N) is 1. The highest BCUT2D eigenvalue weighted by atomic mass is 16.2. The normalized spacial score (nSPS) is 19.9. The molecule has 17 heavy (non-hydrogen) atoms. The second kappa shape index (κ2) is 6.04. The molecule has 4 nitrogen and oxygen atoms in total. The lowest BCUT2D eigenvalue weighted by atomic mass is 9.96. The van der Waals surface area contributed by atoms with Gasteiger partial charge in [0.15, 0.2) is 0 Å². The van der Waals surface area contributed by atoms with Crippen LogP contribution in [-0.2, 0) is 4.79 Å². The predicted molar refractivity (Wildman–Crippen MR) is 69.3 cm³/mol. The van der Waals surface area contributed by atoms with E-state index >= 15 is 0 Å². The van der Waals surface area contributed by atoms with Gasteiger partial charge in [0.2, 0.25) is 5.91 Å². The van der Waals surface area contributed by atoms with Crippen molar-refractivity contribution in [2.45, 2.75) is 43.7 Å². The molecule has 1 fully saturated rings. The van der Waals surface area contributed by atoms with Gasteiger partial charge in [-0.15, -0.1) is 12.3 Å². The van der Waals surface area contributed by atoms with E-state index in [0.29, 0.717) is 13.0 Å². The van der Waals surface area contributed by atoms with Crippen molar-refractivity contribution in [3.8, 4) is 12.3 Å². The van der Waals surface area contributed by atoms with Crippen molar-refractivity contribution in [1.82, 2.24) is 10.2 Å². The fourth-order valence-electron chi connectivity index (χ4n) is 2.42. The first-order valence-corrected chi connectivity index (χ1v) is 6.16. The molecule has 1 aliphatic rings. The summed E-state index contributed by atoms with van der Waals surface area (Å²) in [5.74, 6) is 2.27. The van der Waals surface area contributed by atoms with Gasteiger partial charge in [-0.25, -0.2) is 0 Å². The quantitative estimate of drug-likeness (QED) is 0.677. The Bertz CT molecular complexity index is 300. The number of likely N-dealkylation sites (N-methyl/N-ethyl adjacent to an activating group) is 1. The molecule has 0 heterocycles. The molecule has 1 amide bonds. The summed E-state index contributed by atoms with van der Waals surface area (Å²) in [6, 6.07) is -0.583. The van der Waals surface area contributed by atoms with Crippen LogP contribution in [0, 0.1) is 12.3 Å². The van der Waals surface area contributed by atoms with Crippen LogP contribution in [0.15, 0.2) is 0 Å². The molecular weight excluding hydrogens is 214 g/mol. The molecule has 0 radical (unpaired) electrons. The highest BCUT2D eigenvalue weighted by molar-refractivity contribution is 5.81. The Morgan fingerprint density at radius 2 is 2.12 bits per heavy atom. The number of hydrogen-bond acceptors (Lipinski definition) is 3. The monoisotopic (exact) mass is 237 g/mol. The lowest BCUT2D eigenvalue weighted by Gasteiger charge is -2.36. The highest BCUT2D eigenvalue weighted by Gasteiger charge is 2.36. The molecule has 0 aromatic heterocycles. The van der Waals surface area contributed by atoms with Gasteiger partial charge in [-0.2, -0.15) is 0 Å². The Labute approximate surface area is 104 Å². The van der Waals surface area contributed by atoms with Crippen LogP contribution in [0.25, 0.3) is 0 Å². The van der Waals surface area contributed by atoms with Crippen LogP contribution in [-0.4, -0.2) is 43.0 Å². The minimum atomic E-state index is -0.583. The number of terminal acetylenes is 1. The zero-order valence-electron chi connectivity index (χ0n) is 10.8. The third kappa shape index (κ3) is 3.45. The van der Waals surface area contributed by atoms with Crippen LogP contribution in [0.3, 0.4) is 0 Å². The zero-order chi connectivity index (χ0) is 12.9. The van der Waals surface area contributed by atoms with Gasteiger partial charge in [0.25, 0.3) is 0 Å². The van der Waals surface area contributed by atoms with E-state index in [9.17, 15) is 4.79 Å². The summed E-state index contributed by atoms with van der Waals surface area (Å²) in [4.78, 5) is 13.9. The Balaban J connectivity index is 2.48. The molecule has 1 atom stereocenters. The lowest BCUT2D eigenvalue weighted by Crippen LogP contribution is -2.53. The van der Waals surface area contributed by atoms with Crippen molar-refractivity contribution in [2.75, 3.05) is 20.6 Å². The van der Waals surface area contributed by atoms with Gasteiger partial charge < -0.3 is 16.0 Å². The average molecular weight is 237 g/mol. The first kappa shape index (κ1) is 14.0. The summed E-state index contributed by atoms with van der Waals surface area (Å²) >= 11 is 0. The van der Waals surface area contributed by atoms with Crippen LogP contribution >= 0.6 is 0 Å². The minimum Gasteiger partial charge on any atom is -0.353 e. The maximum atomic E-state index is 11.7. The molecule has 1 aliphatic carbocycles. The van der Waals surface area contributed by atoms with Gasteiger partial charge in [-0.1, -0.05) is 12.8 Å². The van der Waals surface area contributed by atoms with Crippen LogP contribution in [0.2, 0.25) is 0 Å². The second-order valence-corrected chi connectivity index (χ2v) is 5.06. The molecular formula is C13H23N3O. The maximum Gasteiger partial charge on any atom is 0.237 e. The first-order chi connectivity index (χ1) is 8.02.